The summed E-state index contributed by atoms with van der Waals surface area (Å²) in [6, 6.07) is 3.56. The number of hydrogen-bond acceptors (Lipinski definition) is 9. The summed E-state index contributed by atoms with van der Waals surface area (Å²) in [4.78, 5) is 29.0. The third-order valence-electron chi connectivity index (χ3n) is 8.32. The number of carbonyl (C=O) groups is 1. The molecule has 0 saturated carbocycles. The molecule has 9 nitrogen and oxygen atoms in total. The summed E-state index contributed by atoms with van der Waals surface area (Å²) in [6.45, 7) is 8.56. The van der Waals surface area contributed by atoms with Crippen molar-refractivity contribution in [2.45, 2.75) is 37.3 Å². The van der Waals surface area contributed by atoms with Gasteiger partial charge in [0.1, 0.15) is 23.1 Å². The van der Waals surface area contributed by atoms with Crippen LogP contribution in [0.3, 0.4) is 0 Å². The topological polar surface area (TPSA) is 88.8 Å². The van der Waals surface area contributed by atoms with Crippen LogP contribution in [0.1, 0.15) is 34.7 Å². The van der Waals surface area contributed by atoms with Crippen LogP contribution in [0.25, 0.3) is 0 Å². The van der Waals surface area contributed by atoms with Gasteiger partial charge in [0, 0.05) is 64.5 Å². The molecule has 0 aliphatic carbocycles. The number of hydrogen-bond donors (Lipinski definition) is 0. The highest BCUT2D eigenvalue weighted by atomic mass is 32.1. The van der Waals surface area contributed by atoms with Gasteiger partial charge in [0.05, 0.1) is 28.4 Å². The highest BCUT2D eigenvalue weighted by molar-refractivity contribution is 7.10. The summed E-state index contributed by atoms with van der Waals surface area (Å²) in [5, 5.41) is 9.76. The fraction of sp³-hybridized carbons (Fsp3) is 0.538. The number of fused-ring (bicyclic) bond motifs is 2. The molecule has 39 heavy (non-hydrogen) atoms. The van der Waals surface area contributed by atoms with Crippen LogP contribution in [0.15, 0.2) is 24.2 Å². The Morgan fingerprint density at radius 3 is 2.54 bits per heavy atom. The Balaban J connectivity index is 1.20. The van der Waals surface area contributed by atoms with Gasteiger partial charge in [-0.05, 0) is 18.9 Å². The fourth-order valence-corrected chi connectivity index (χ4v) is 7.06. The molecule has 0 N–H and O–H groups in total. The van der Waals surface area contributed by atoms with Gasteiger partial charge in [-0.25, -0.2) is 9.97 Å². The maximum atomic E-state index is 14.1. The van der Waals surface area contributed by atoms with Crippen LogP contribution < -0.4 is 9.80 Å². The Hall–Kier alpha value is -3.21. The van der Waals surface area contributed by atoms with Crippen LogP contribution in [-0.2, 0) is 27.9 Å². The number of rotatable bonds is 4. The molecule has 6 rings (SSSR count). The second-order valence-corrected chi connectivity index (χ2v) is 11.2. The molecule has 4 aliphatic rings. The van der Waals surface area contributed by atoms with E-state index in [0.717, 1.165) is 10.6 Å². The molecule has 6 heterocycles. The number of halogens is 3. The minimum Gasteiger partial charge on any atom is -0.367 e. The number of carbonyl (C=O) groups excluding carboxylic acids is 1. The van der Waals surface area contributed by atoms with Crippen LogP contribution in [0.5, 0.6) is 0 Å². The third kappa shape index (κ3) is 4.54. The number of piperidine rings is 1. The monoisotopic (exact) mass is 559 g/mol. The van der Waals surface area contributed by atoms with Crippen LogP contribution in [-0.4, -0.2) is 84.1 Å². The van der Waals surface area contributed by atoms with Gasteiger partial charge in [0.25, 0.3) is 0 Å². The number of nitrogens with zero attached hydrogens (tertiary/aromatic N) is 7. The van der Waals surface area contributed by atoms with Gasteiger partial charge < -0.3 is 19.4 Å². The first-order valence-electron chi connectivity index (χ1n) is 13.0. The molecule has 13 heteroatoms. The van der Waals surface area contributed by atoms with E-state index in [1.54, 1.807) is 28.4 Å². The molecule has 0 atom stereocenters. The van der Waals surface area contributed by atoms with Crippen LogP contribution in [0, 0.1) is 11.3 Å². The summed E-state index contributed by atoms with van der Waals surface area (Å²) in [6.07, 6.45) is -2.18. The first-order valence-corrected chi connectivity index (χ1v) is 13.8. The molecular formula is C26H28F3N7O2S. The summed E-state index contributed by atoms with van der Waals surface area (Å²) in [5.74, 6) is 0.136. The van der Waals surface area contributed by atoms with E-state index in [1.807, 2.05) is 15.3 Å². The normalized spacial score (nSPS) is 21.5. The second-order valence-electron chi connectivity index (χ2n) is 10.4. The van der Waals surface area contributed by atoms with Gasteiger partial charge >= 0.3 is 6.18 Å². The lowest BCUT2D eigenvalue weighted by molar-refractivity contribution is -0.141. The predicted octanol–water partition coefficient (Wildman–Crippen LogP) is 2.97. The molecule has 1 amide bonds. The molecule has 0 aromatic carbocycles. The summed E-state index contributed by atoms with van der Waals surface area (Å²) in [5.41, 5.74) is 1.03. The Kier molecular flexibility index (Phi) is 6.52. The smallest absolute Gasteiger partial charge is 0.367 e. The number of thiazole rings is 1. The number of nitriles is 1. The second kappa shape index (κ2) is 9.76. The lowest BCUT2D eigenvalue weighted by Gasteiger charge is -2.49. The van der Waals surface area contributed by atoms with E-state index in [2.05, 4.69) is 21.4 Å². The van der Waals surface area contributed by atoms with Gasteiger partial charge in [-0.3, -0.25) is 9.69 Å². The molecule has 2 aromatic heterocycles. The minimum atomic E-state index is -4.75. The highest BCUT2D eigenvalue weighted by Gasteiger charge is 2.46. The lowest BCUT2D eigenvalue weighted by atomic mass is 9.90. The largest absolute Gasteiger partial charge is 0.434 e. The van der Waals surface area contributed by atoms with Crippen LogP contribution >= 0.6 is 11.3 Å². The number of amides is 1. The maximum absolute atomic E-state index is 14.1. The molecule has 0 radical (unpaired) electrons. The quantitative estimate of drug-likeness (QED) is 0.529. The molecule has 2 aromatic rings. The fourth-order valence-electron chi connectivity index (χ4n) is 6.05. The van der Waals surface area contributed by atoms with E-state index < -0.39 is 23.0 Å². The number of anilines is 2. The molecule has 0 unspecified atom stereocenters. The van der Waals surface area contributed by atoms with Crippen molar-refractivity contribution in [2.75, 3.05) is 62.2 Å². The van der Waals surface area contributed by atoms with Crippen molar-refractivity contribution >= 4 is 28.7 Å². The zero-order chi connectivity index (χ0) is 27.4. The van der Waals surface area contributed by atoms with E-state index in [1.165, 1.54) is 6.08 Å². The molecule has 3 saturated heterocycles. The van der Waals surface area contributed by atoms with Crippen molar-refractivity contribution in [3.05, 3.63) is 46.1 Å². The molecular weight excluding hydrogens is 531 g/mol. The molecule has 0 bridgehead atoms. The van der Waals surface area contributed by atoms with Gasteiger partial charge in [-0.1, -0.05) is 6.58 Å². The van der Waals surface area contributed by atoms with E-state index in [0.29, 0.717) is 71.8 Å². The number of aromatic nitrogens is 2. The van der Waals surface area contributed by atoms with Crippen molar-refractivity contribution in [2.24, 2.45) is 0 Å². The van der Waals surface area contributed by atoms with Gasteiger partial charge in [-0.2, -0.15) is 18.4 Å². The molecule has 206 valence electrons. The molecule has 3 fully saturated rings. The Morgan fingerprint density at radius 1 is 1.18 bits per heavy atom. The average Bonchev–Trinajstić information content (AvgIpc) is 3.52. The third-order valence-corrected chi connectivity index (χ3v) is 9.37. The molecule has 1 spiro atoms. The van der Waals surface area contributed by atoms with Crippen molar-refractivity contribution < 1.29 is 22.7 Å². The van der Waals surface area contributed by atoms with Crippen molar-refractivity contribution in [1.29, 1.82) is 5.26 Å². The SMILES string of the molecule is C=CC(=O)N1CCN(C2CN(c3cc(N4CCC5(CC4)OCc4ncsc45)nc(C(F)(F)F)c3C#N)C2)CC1. The Morgan fingerprint density at radius 2 is 1.90 bits per heavy atom. The zero-order valence-corrected chi connectivity index (χ0v) is 22.1. The predicted molar refractivity (Wildman–Crippen MR) is 138 cm³/mol. The maximum Gasteiger partial charge on any atom is 0.434 e. The van der Waals surface area contributed by atoms with Crippen molar-refractivity contribution in [3.8, 4) is 6.07 Å². The van der Waals surface area contributed by atoms with Gasteiger partial charge in [0.2, 0.25) is 5.91 Å². The lowest BCUT2D eigenvalue weighted by Crippen LogP contribution is -2.63. The number of piperazine rings is 1. The van der Waals surface area contributed by atoms with Gasteiger partial charge in [-0.15, -0.1) is 11.3 Å². The summed E-state index contributed by atoms with van der Waals surface area (Å²) < 4.78 is 48.4. The van der Waals surface area contributed by atoms with E-state index in [9.17, 15) is 23.2 Å². The first-order chi connectivity index (χ1) is 18.7. The van der Waals surface area contributed by atoms with Crippen LogP contribution in [0.2, 0.25) is 0 Å². The Labute approximate surface area is 228 Å². The summed E-state index contributed by atoms with van der Waals surface area (Å²) in [7, 11) is 0. The van der Waals surface area contributed by atoms with E-state index >= 15 is 0 Å². The zero-order valence-electron chi connectivity index (χ0n) is 21.3. The van der Waals surface area contributed by atoms with Crippen molar-refractivity contribution in [3.63, 3.8) is 0 Å². The standard InChI is InChI=1S/C26H28F3N7O2S/c1-2-22(37)35-9-7-33(8-10-35)17-13-36(14-17)20-11-21(32-23(18(20)12-30)26(27,28)29)34-5-3-25(4-6-34)24-19(15-38-25)31-16-39-24/h2,11,16-17H,1,3-10,13-15H2. The first kappa shape index (κ1) is 26.0. The summed E-state index contributed by atoms with van der Waals surface area (Å²) >= 11 is 1.57. The van der Waals surface area contributed by atoms with E-state index in [-0.39, 0.29) is 23.5 Å². The number of pyridine rings is 1. The average molecular weight is 560 g/mol. The number of alkyl halides is 3. The molecule has 4 aliphatic heterocycles. The highest BCUT2D eigenvalue weighted by Crippen LogP contribution is 2.47. The minimum absolute atomic E-state index is 0.0943. The van der Waals surface area contributed by atoms with E-state index in [4.69, 9.17) is 4.74 Å². The van der Waals surface area contributed by atoms with Crippen LogP contribution in [0.4, 0.5) is 24.7 Å². The Bertz CT molecular complexity index is 1320. The number of ether oxygens (including phenoxy) is 1. The van der Waals surface area contributed by atoms with Crippen molar-refractivity contribution in [1.82, 2.24) is 19.8 Å². The van der Waals surface area contributed by atoms with Gasteiger partial charge in [0.15, 0.2) is 5.69 Å².